The number of hydrogen-bond donors (Lipinski definition) is 1. The first-order valence-corrected chi connectivity index (χ1v) is 8.15. The Morgan fingerprint density at radius 2 is 2.00 bits per heavy atom. The minimum Gasteiger partial charge on any atom is -0.308 e. The maximum atomic E-state index is 12.6. The van der Waals surface area contributed by atoms with Gasteiger partial charge in [0.2, 0.25) is 0 Å². The number of anilines is 2. The number of amides is 3. The SMILES string of the molecule is Cc1c2ccc(N(C)C(=O)Nc3ccc4c(c3)=CC(=O)N=4)cc2nn1C. The summed E-state index contributed by atoms with van der Waals surface area (Å²) in [5.74, 6) is -0.278. The number of nitrogens with zero attached hydrogens (tertiary/aromatic N) is 4. The number of benzene rings is 2. The van der Waals surface area contributed by atoms with E-state index in [-0.39, 0.29) is 11.9 Å². The van der Waals surface area contributed by atoms with E-state index in [1.54, 1.807) is 25.2 Å². The lowest BCUT2D eigenvalue weighted by Gasteiger charge is -2.18. The van der Waals surface area contributed by atoms with E-state index >= 15 is 0 Å². The van der Waals surface area contributed by atoms with Gasteiger partial charge in [0.05, 0.1) is 10.9 Å². The van der Waals surface area contributed by atoms with Gasteiger partial charge >= 0.3 is 6.03 Å². The van der Waals surface area contributed by atoms with Crippen LogP contribution < -0.4 is 20.8 Å². The van der Waals surface area contributed by atoms with E-state index in [1.807, 2.05) is 36.9 Å². The zero-order valence-electron chi connectivity index (χ0n) is 14.6. The molecule has 0 atom stereocenters. The summed E-state index contributed by atoms with van der Waals surface area (Å²) in [5, 5.41) is 9.69. The van der Waals surface area contributed by atoms with Crippen molar-refractivity contribution in [2.45, 2.75) is 6.92 Å². The number of carbonyl (C=O) groups excluding carboxylic acids is 2. The summed E-state index contributed by atoms with van der Waals surface area (Å²) in [4.78, 5) is 29.3. The van der Waals surface area contributed by atoms with Gasteiger partial charge in [-0.3, -0.25) is 14.4 Å². The van der Waals surface area contributed by atoms with Crippen LogP contribution in [0.3, 0.4) is 0 Å². The number of urea groups is 1. The van der Waals surface area contributed by atoms with Crippen molar-refractivity contribution in [1.82, 2.24) is 9.78 Å². The molecule has 0 fully saturated rings. The van der Waals surface area contributed by atoms with E-state index in [0.717, 1.165) is 22.3 Å². The van der Waals surface area contributed by atoms with Gasteiger partial charge in [-0.05, 0) is 43.3 Å². The zero-order valence-corrected chi connectivity index (χ0v) is 14.6. The van der Waals surface area contributed by atoms with Crippen LogP contribution >= 0.6 is 0 Å². The standard InChI is InChI=1S/C19H17N5O2/c1-11-15-6-5-14(10-17(15)22-24(11)3)23(2)19(26)20-13-4-7-16-12(8-13)9-18(25)21-16/h4-10H,1-3H3,(H,20,26). The third-order valence-corrected chi connectivity index (χ3v) is 4.59. The molecule has 0 bridgehead atoms. The molecule has 7 nitrogen and oxygen atoms in total. The quantitative estimate of drug-likeness (QED) is 0.763. The minimum atomic E-state index is -0.279. The molecule has 0 saturated carbocycles. The number of nitrogens with one attached hydrogen (secondary N) is 1. The third-order valence-electron chi connectivity index (χ3n) is 4.59. The maximum absolute atomic E-state index is 12.6. The smallest absolute Gasteiger partial charge is 0.308 e. The lowest BCUT2D eigenvalue weighted by Crippen LogP contribution is -2.32. The van der Waals surface area contributed by atoms with E-state index in [0.29, 0.717) is 16.3 Å². The highest BCUT2D eigenvalue weighted by Crippen LogP contribution is 2.23. The van der Waals surface area contributed by atoms with Gasteiger partial charge in [-0.15, -0.1) is 0 Å². The molecule has 0 unspecified atom stereocenters. The van der Waals surface area contributed by atoms with Crippen LogP contribution in [0, 0.1) is 6.92 Å². The Morgan fingerprint density at radius 1 is 1.19 bits per heavy atom. The molecule has 3 amide bonds. The summed E-state index contributed by atoms with van der Waals surface area (Å²) in [7, 11) is 3.60. The normalized spacial score (nSPS) is 12.5. The fraction of sp³-hybridized carbons (Fsp3) is 0.158. The molecular weight excluding hydrogens is 330 g/mol. The molecule has 130 valence electrons. The Bertz CT molecular complexity index is 1190. The van der Waals surface area contributed by atoms with Crippen LogP contribution in [0.5, 0.6) is 0 Å². The first-order chi connectivity index (χ1) is 12.4. The first-order valence-electron chi connectivity index (χ1n) is 8.15. The molecule has 3 aromatic rings. The molecule has 0 spiro atoms. The average Bonchev–Trinajstić information content (AvgIpc) is 3.12. The minimum absolute atomic E-state index is 0.278. The van der Waals surface area contributed by atoms with Crippen LogP contribution in [0.4, 0.5) is 16.2 Å². The molecule has 0 aliphatic carbocycles. The number of rotatable bonds is 2. The van der Waals surface area contributed by atoms with Gasteiger partial charge in [0.25, 0.3) is 5.91 Å². The highest BCUT2D eigenvalue weighted by molar-refractivity contribution is 6.07. The van der Waals surface area contributed by atoms with E-state index in [2.05, 4.69) is 15.4 Å². The van der Waals surface area contributed by atoms with Crippen LogP contribution in [0.1, 0.15) is 5.69 Å². The van der Waals surface area contributed by atoms with Gasteiger partial charge in [0, 0.05) is 47.8 Å². The van der Waals surface area contributed by atoms with Crippen molar-refractivity contribution < 1.29 is 9.59 Å². The van der Waals surface area contributed by atoms with Crippen molar-refractivity contribution in [2.75, 3.05) is 17.3 Å². The third kappa shape index (κ3) is 2.63. The van der Waals surface area contributed by atoms with E-state index in [9.17, 15) is 9.59 Å². The Hall–Kier alpha value is -3.48. The van der Waals surface area contributed by atoms with Crippen molar-refractivity contribution in [2.24, 2.45) is 12.0 Å². The molecule has 1 aliphatic heterocycles. The second-order valence-electron chi connectivity index (χ2n) is 6.27. The van der Waals surface area contributed by atoms with Gasteiger partial charge in [-0.2, -0.15) is 5.10 Å². The fourth-order valence-electron chi connectivity index (χ4n) is 2.99. The zero-order chi connectivity index (χ0) is 18.4. The Balaban J connectivity index is 1.59. The van der Waals surface area contributed by atoms with Crippen molar-refractivity contribution >= 4 is 40.3 Å². The van der Waals surface area contributed by atoms with E-state index in [4.69, 9.17) is 0 Å². The molecule has 0 saturated heterocycles. The van der Waals surface area contributed by atoms with Crippen LogP contribution in [0.2, 0.25) is 0 Å². The predicted octanol–water partition coefficient (Wildman–Crippen LogP) is 1.49. The van der Waals surface area contributed by atoms with Crippen molar-refractivity contribution in [1.29, 1.82) is 0 Å². The van der Waals surface area contributed by atoms with Gasteiger partial charge < -0.3 is 5.32 Å². The topological polar surface area (TPSA) is 79.6 Å². The molecule has 26 heavy (non-hydrogen) atoms. The summed E-state index contributed by atoms with van der Waals surface area (Å²) in [6.07, 6.45) is 1.45. The second kappa shape index (κ2) is 5.80. The molecule has 1 aliphatic rings. The number of aryl methyl sites for hydroxylation is 2. The lowest BCUT2D eigenvalue weighted by molar-refractivity contribution is -0.112. The average molecular weight is 347 g/mol. The Kier molecular flexibility index (Phi) is 3.57. The molecule has 7 heteroatoms. The van der Waals surface area contributed by atoms with Gasteiger partial charge in [-0.25, -0.2) is 9.79 Å². The molecule has 2 aromatic carbocycles. The molecule has 1 N–H and O–H groups in total. The molecule has 4 rings (SSSR count). The molecular formula is C19H17N5O2. The first kappa shape index (κ1) is 16.0. The van der Waals surface area contributed by atoms with Crippen molar-refractivity contribution in [3.05, 3.63) is 52.7 Å². The summed E-state index contributed by atoms with van der Waals surface area (Å²) in [6, 6.07) is 10.6. The molecule has 2 heterocycles. The second-order valence-corrected chi connectivity index (χ2v) is 6.27. The molecule has 0 radical (unpaired) electrons. The van der Waals surface area contributed by atoms with Gasteiger partial charge in [0.1, 0.15) is 0 Å². The summed E-state index contributed by atoms with van der Waals surface area (Å²) >= 11 is 0. The van der Waals surface area contributed by atoms with Crippen LogP contribution in [-0.2, 0) is 11.8 Å². The van der Waals surface area contributed by atoms with Crippen LogP contribution in [-0.4, -0.2) is 28.8 Å². The summed E-state index contributed by atoms with van der Waals surface area (Å²) in [6.45, 7) is 2.01. The number of hydrogen-bond acceptors (Lipinski definition) is 3. The summed E-state index contributed by atoms with van der Waals surface area (Å²) in [5.41, 5.74) is 3.27. The highest BCUT2D eigenvalue weighted by Gasteiger charge is 2.14. The number of fused-ring (bicyclic) bond motifs is 2. The van der Waals surface area contributed by atoms with E-state index < -0.39 is 0 Å². The Labute approximate surface area is 149 Å². The Morgan fingerprint density at radius 3 is 2.81 bits per heavy atom. The monoisotopic (exact) mass is 347 g/mol. The fourth-order valence-corrected chi connectivity index (χ4v) is 2.99. The lowest BCUT2D eigenvalue weighted by atomic mass is 10.2. The van der Waals surface area contributed by atoms with Crippen LogP contribution in [0.15, 0.2) is 41.4 Å². The summed E-state index contributed by atoms with van der Waals surface area (Å²) < 4.78 is 1.82. The van der Waals surface area contributed by atoms with Gasteiger partial charge in [-0.1, -0.05) is 0 Å². The van der Waals surface area contributed by atoms with Crippen molar-refractivity contribution in [3.63, 3.8) is 0 Å². The van der Waals surface area contributed by atoms with Crippen LogP contribution in [0.25, 0.3) is 17.0 Å². The largest absolute Gasteiger partial charge is 0.326 e. The van der Waals surface area contributed by atoms with Crippen molar-refractivity contribution in [3.8, 4) is 0 Å². The highest BCUT2D eigenvalue weighted by atomic mass is 16.2. The molecule has 1 aromatic heterocycles. The number of carbonyl (C=O) groups is 2. The predicted molar refractivity (Wildman–Crippen MR) is 99.6 cm³/mol. The maximum Gasteiger partial charge on any atom is 0.326 e. The number of aromatic nitrogens is 2. The van der Waals surface area contributed by atoms with E-state index in [1.165, 1.54) is 11.0 Å². The van der Waals surface area contributed by atoms with Gasteiger partial charge in [0.15, 0.2) is 0 Å².